The minimum Gasteiger partial charge on any atom is -0.312 e. The molecule has 9 heavy (non-hydrogen) atoms. The number of nitrogens with one attached hydrogen (secondary N) is 1. The molecule has 1 fully saturated rings. The summed E-state index contributed by atoms with van der Waals surface area (Å²) < 4.78 is 0. The molecule has 0 aromatic heterocycles. The lowest BCUT2D eigenvalue weighted by Gasteiger charge is -2.14. The Morgan fingerprint density at radius 3 is 3.11 bits per heavy atom. The average Bonchev–Trinajstić information content (AvgIpc) is 2.18. The fraction of sp³-hybridized carbons (Fsp3) is 0.667. The lowest BCUT2D eigenvalue weighted by atomic mass is 10.3. The van der Waals surface area contributed by atoms with E-state index in [-0.39, 0.29) is 6.17 Å². The molecule has 2 N–H and O–H groups in total. The first-order valence-corrected chi connectivity index (χ1v) is 3.14. The van der Waals surface area contributed by atoms with Crippen molar-refractivity contribution in [1.82, 2.24) is 10.4 Å². The minimum atomic E-state index is 0.0995. The van der Waals surface area contributed by atoms with E-state index in [1.165, 1.54) is 5.06 Å². The molecule has 3 heteroatoms. The van der Waals surface area contributed by atoms with Gasteiger partial charge in [0.05, 0.1) is 6.17 Å². The monoisotopic (exact) mass is 128 g/mol. The summed E-state index contributed by atoms with van der Waals surface area (Å²) in [5.41, 5.74) is 0. The average molecular weight is 128 g/mol. The normalized spacial score (nSPS) is 28.8. The van der Waals surface area contributed by atoms with Crippen LogP contribution in [0.15, 0.2) is 12.7 Å². The van der Waals surface area contributed by atoms with Gasteiger partial charge in [-0.05, 0) is 6.42 Å². The summed E-state index contributed by atoms with van der Waals surface area (Å²) in [4.78, 5) is 0. The van der Waals surface area contributed by atoms with Crippen LogP contribution in [0.1, 0.15) is 6.42 Å². The Bertz CT molecular complexity index is 105. The molecule has 0 aromatic rings. The summed E-state index contributed by atoms with van der Waals surface area (Å²) in [5, 5.41) is 13.5. The van der Waals surface area contributed by atoms with Gasteiger partial charge in [0.15, 0.2) is 0 Å². The Morgan fingerprint density at radius 2 is 2.67 bits per heavy atom. The van der Waals surface area contributed by atoms with Gasteiger partial charge >= 0.3 is 0 Å². The molecule has 1 aliphatic rings. The second-order valence-corrected chi connectivity index (χ2v) is 2.16. The fourth-order valence-corrected chi connectivity index (χ4v) is 0.970. The molecule has 1 atom stereocenters. The third kappa shape index (κ3) is 1.51. The molecule has 1 heterocycles. The van der Waals surface area contributed by atoms with Crippen LogP contribution >= 0.6 is 0 Å². The number of nitrogens with zero attached hydrogens (tertiary/aromatic N) is 1. The maximum atomic E-state index is 9.04. The van der Waals surface area contributed by atoms with Gasteiger partial charge in [0.1, 0.15) is 0 Å². The predicted octanol–water partition coefficient (Wildman–Crippen LogP) is 0.183. The van der Waals surface area contributed by atoms with Crippen LogP contribution in [0.4, 0.5) is 0 Å². The predicted molar refractivity (Wildman–Crippen MR) is 35.1 cm³/mol. The van der Waals surface area contributed by atoms with Crippen LogP contribution in [0.3, 0.4) is 0 Å². The summed E-state index contributed by atoms with van der Waals surface area (Å²) in [6, 6.07) is 0. The van der Waals surface area contributed by atoms with Gasteiger partial charge in [-0.25, -0.2) is 0 Å². The first-order valence-electron chi connectivity index (χ1n) is 3.14. The standard InChI is InChI=1S/C6H12N2O/c1-2-3-6-7-4-5-8(6)9/h2,6-7,9H,1,3-5H2. The second kappa shape index (κ2) is 2.96. The molecule has 1 aliphatic heterocycles. The van der Waals surface area contributed by atoms with Crippen molar-refractivity contribution in [2.45, 2.75) is 12.6 Å². The molecule has 0 spiro atoms. The highest BCUT2D eigenvalue weighted by molar-refractivity contribution is 4.79. The van der Waals surface area contributed by atoms with Crippen molar-refractivity contribution in [3.05, 3.63) is 12.7 Å². The van der Waals surface area contributed by atoms with E-state index >= 15 is 0 Å². The molecule has 3 nitrogen and oxygen atoms in total. The van der Waals surface area contributed by atoms with E-state index < -0.39 is 0 Å². The zero-order chi connectivity index (χ0) is 6.69. The fourth-order valence-electron chi connectivity index (χ4n) is 0.970. The van der Waals surface area contributed by atoms with Crippen LogP contribution in [0.5, 0.6) is 0 Å². The SMILES string of the molecule is C=CCC1NCCN1O. The largest absolute Gasteiger partial charge is 0.312 e. The van der Waals surface area contributed by atoms with Gasteiger partial charge in [-0.15, -0.1) is 6.58 Å². The van der Waals surface area contributed by atoms with Crippen molar-refractivity contribution in [3.8, 4) is 0 Å². The second-order valence-electron chi connectivity index (χ2n) is 2.16. The molecular formula is C6H12N2O. The highest BCUT2D eigenvalue weighted by Crippen LogP contribution is 2.02. The molecule has 1 unspecified atom stereocenters. The van der Waals surface area contributed by atoms with Crippen LogP contribution < -0.4 is 5.32 Å². The van der Waals surface area contributed by atoms with Crippen molar-refractivity contribution in [2.24, 2.45) is 0 Å². The van der Waals surface area contributed by atoms with Crippen molar-refractivity contribution < 1.29 is 5.21 Å². The Kier molecular flexibility index (Phi) is 2.22. The van der Waals surface area contributed by atoms with E-state index in [2.05, 4.69) is 11.9 Å². The van der Waals surface area contributed by atoms with Gasteiger partial charge in [-0.3, -0.25) is 5.32 Å². The van der Waals surface area contributed by atoms with E-state index in [4.69, 9.17) is 5.21 Å². The topological polar surface area (TPSA) is 35.5 Å². The summed E-state index contributed by atoms with van der Waals surface area (Å²) in [6.45, 7) is 5.17. The maximum absolute atomic E-state index is 9.04. The number of hydroxylamine groups is 2. The minimum absolute atomic E-state index is 0.0995. The number of hydrogen-bond donors (Lipinski definition) is 2. The van der Waals surface area contributed by atoms with Crippen LogP contribution in [-0.4, -0.2) is 29.5 Å². The molecule has 0 saturated carbocycles. The van der Waals surface area contributed by atoms with Crippen LogP contribution in [-0.2, 0) is 0 Å². The summed E-state index contributed by atoms with van der Waals surface area (Å²) in [6.07, 6.45) is 2.70. The molecule has 0 radical (unpaired) electrons. The Balaban J connectivity index is 2.30. The van der Waals surface area contributed by atoms with Gasteiger partial charge in [-0.1, -0.05) is 6.08 Å². The Morgan fingerprint density at radius 1 is 1.89 bits per heavy atom. The summed E-state index contributed by atoms with van der Waals surface area (Å²) >= 11 is 0. The third-order valence-corrected chi connectivity index (χ3v) is 1.47. The maximum Gasteiger partial charge on any atom is 0.0876 e. The van der Waals surface area contributed by atoms with Crippen LogP contribution in [0, 0.1) is 0 Å². The highest BCUT2D eigenvalue weighted by Gasteiger charge is 2.19. The number of rotatable bonds is 2. The van der Waals surface area contributed by atoms with E-state index in [0.29, 0.717) is 0 Å². The first kappa shape index (κ1) is 6.74. The quantitative estimate of drug-likeness (QED) is 0.521. The molecule has 1 rings (SSSR count). The zero-order valence-corrected chi connectivity index (χ0v) is 5.38. The molecule has 1 saturated heterocycles. The molecular weight excluding hydrogens is 116 g/mol. The van der Waals surface area contributed by atoms with Gasteiger partial charge < -0.3 is 5.21 Å². The highest BCUT2D eigenvalue weighted by atomic mass is 16.5. The van der Waals surface area contributed by atoms with Gasteiger partial charge in [0.2, 0.25) is 0 Å². The molecule has 0 aliphatic carbocycles. The Labute approximate surface area is 54.9 Å². The van der Waals surface area contributed by atoms with E-state index in [1.54, 1.807) is 6.08 Å². The van der Waals surface area contributed by atoms with E-state index in [0.717, 1.165) is 19.5 Å². The smallest absolute Gasteiger partial charge is 0.0876 e. The van der Waals surface area contributed by atoms with Crippen molar-refractivity contribution in [3.63, 3.8) is 0 Å². The van der Waals surface area contributed by atoms with Crippen molar-refractivity contribution in [2.75, 3.05) is 13.1 Å². The van der Waals surface area contributed by atoms with E-state index in [1.807, 2.05) is 0 Å². The van der Waals surface area contributed by atoms with Gasteiger partial charge in [-0.2, -0.15) is 5.06 Å². The zero-order valence-electron chi connectivity index (χ0n) is 5.38. The van der Waals surface area contributed by atoms with Crippen molar-refractivity contribution in [1.29, 1.82) is 0 Å². The van der Waals surface area contributed by atoms with Crippen molar-refractivity contribution >= 4 is 0 Å². The van der Waals surface area contributed by atoms with E-state index in [9.17, 15) is 0 Å². The third-order valence-electron chi connectivity index (χ3n) is 1.47. The summed E-state index contributed by atoms with van der Waals surface area (Å²) in [7, 11) is 0. The molecule has 0 amide bonds. The van der Waals surface area contributed by atoms with Crippen LogP contribution in [0.25, 0.3) is 0 Å². The lowest BCUT2D eigenvalue weighted by molar-refractivity contribution is -0.104. The molecule has 52 valence electrons. The molecule has 0 aromatic carbocycles. The lowest BCUT2D eigenvalue weighted by Crippen LogP contribution is -2.32. The van der Waals surface area contributed by atoms with Crippen LogP contribution in [0.2, 0.25) is 0 Å². The van der Waals surface area contributed by atoms with Gasteiger partial charge in [0.25, 0.3) is 0 Å². The Hall–Kier alpha value is -0.380. The van der Waals surface area contributed by atoms with Gasteiger partial charge in [0, 0.05) is 13.1 Å². The number of hydrogen-bond acceptors (Lipinski definition) is 3. The summed E-state index contributed by atoms with van der Waals surface area (Å²) in [5.74, 6) is 0. The molecule has 0 bridgehead atoms. The first-order chi connectivity index (χ1) is 4.34.